The fourth-order valence-corrected chi connectivity index (χ4v) is 3.36. The summed E-state index contributed by atoms with van der Waals surface area (Å²) in [5, 5.41) is 3.85. The SMILES string of the molecule is Fc1ccc(N2CCN(C3CN(Cc4ncon4)C3)CC2)cc1. The summed E-state index contributed by atoms with van der Waals surface area (Å²) in [6.07, 6.45) is 1.38. The molecule has 2 aliphatic rings. The lowest BCUT2D eigenvalue weighted by atomic mass is 10.1. The van der Waals surface area contributed by atoms with Crippen LogP contribution >= 0.6 is 0 Å². The molecule has 0 bridgehead atoms. The quantitative estimate of drug-likeness (QED) is 0.845. The van der Waals surface area contributed by atoms with E-state index in [1.807, 2.05) is 12.1 Å². The summed E-state index contributed by atoms with van der Waals surface area (Å²) < 4.78 is 17.8. The lowest BCUT2D eigenvalue weighted by Crippen LogP contribution is -2.62. The molecule has 3 heterocycles. The first-order chi connectivity index (χ1) is 11.3. The van der Waals surface area contributed by atoms with Crippen molar-refractivity contribution >= 4 is 5.69 Å². The molecule has 2 saturated heterocycles. The van der Waals surface area contributed by atoms with Gasteiger partial charge in [0.25, 0.3) is 0 Å². The van der Waals surface area contributed by atoms with Crippen LogP contribution in [0.4, 0.5) is 10.1 Å². The zero-order valence-electron chi connectivity index (χ0n) is 12.9. The molecule has 0 amide bonds. The van der Waals surface area contributed by atoms with Gasteiger partial charge in [0, 0.05) is 51.0 Å². The van der Waals surface area contributed by atoms with E-state index in [0.29, 0.717) is 6.04 Å². The van der Waals surface area contributed by atoms with E-state index >= 15 is 0 Å². The molecule has 0 saturated carbocycles. The van der Waals surface area contributed by atoms with Gasteiger partial charge in [-0.3, -0.25) is 9.80 Å². The van der Waals surface area contributed by atoms with Crippen LogP contribution in [-0.4, -0.2) is 65.3 Å². The zero-order chi connectivity index (χ0) is 15.6. The van der Waals surface area contributed by atoms with Crippen LogP contribution in [-0.2, 0) is 6.54 Å². The van der Waals surface area contributed by atoms with E-state index in [2.05, 4.69) is 24.8 Å². The van der Waals surface area contributed by atoms with Crippen LogP contribution in [0.5, 0.6) is 0 Å². The summed E-state index contributed by atoms with van der Waals surface area (Å²) in [4.78, 5) is 11.3. The topological polar surface area (TPSA) is 48.6 Å². The lowest BCUT2D eigenvalue weighted by molar-refractivity contribution is 0.0237. The first kappa shape index (κ1) is 14.6. The number of hydrogen-bond acceptors (Lipinski definition) is 6. The fraction of sp³-hybridized carbons (Fsp3) is 0.500. The van der Waals surface area contributed by atoms with E-state index in [1.54, 1.807) is 0 Å². The van der Waals surface area contributed by atoms with E-state index in [4.69, 9.17) is 4.52 Å². The molecule has 1 aromatic carbocycles. The number of piperazine rings is 1. The van der Waals surface area contributed by atoms with Gasteiger partial charge in [-0.25, -0.2) is 4.39 Å². The molecular formula is C16H20FN5O. The number of halogens is 1. The molecule has 23 heavy (non-hydrogen) atoms. The van der Waals surface area contributed by atoms with Crippen molar-refractivity contribution in [1.82, 2.24) is 19.9 Å². The normalized spacial score (nSPS) is 20.7. The van der Waals surface area contributed by atoms with Crippen LogP contribution in [0.15, 0.2) is 35.2 Å². The lowest BCUT2D eigenvalue weighted by Gasteiger charge is -2.48. The van der Waals surface area contributed by atoms with Gasteiger partial charge in [-0.15, -0.1) is 0 Å². The van der Waals surface area contributed by atoms with Crippen molar-refractivity contribution in [2.75, 3.05) is 44.2 Å². The third-order valence-corrected chi connectivity index (χ3v) is 4.73. The first-order valence-corrected chi connectivity index (χ1v) is 8.00. The van der Waals surface area contributed by atoms with Gasteiger partial charge < -0.3 is 9.42 Å². The summed E-state index contributed by atoms with van der Waals surface area (Å²) in [6.45, 7) is 6.98. The van der Waals surface area contributed by atoms with Crippen molar-refractivity contribution in [1.29, 1.82) is 0 Å². The maximum Gasteiger partial charge on any atom is 0.213 e. The number of likely N-dealkylation sites (tertiary alicyclic amines) is 1. The highest BCUT2D eigenvalue weighted by atomic mass is 19.1. The summed E-state index contributed by atoms with van der Waals surface area (Å²) in [5.41, 5.74) is 1.11. The van der Waals surface area contributed by atoms with Gasteiger partial charge >= 0.3 is 0 Å². The molecule has 7 heteroatoms. The number of aromatic nitrogens is 2. The molecule has 0 spiro atoms. The van der Waals surface area contributed by atoms with Gasteiger partial charge in [-0.1, -0.05) is 5.16 Å². The standard InChI is InChI=1S/C16H20FN5O/c17-13-1-3-14(4-2-13)21-5-7-22(8-6-21)15-9-20(10-15)11-16-18-12-23-19-16/h1-4,12,15H,5-11H2. The van der Waals surface area contributed by atoms with E-state index in [9.17, 15) is 4.39 Å². The second-order valence-electron chi connectivity index (χ2n) is 6.19. The van der Waals surface area contributed by atoms with Crippen LogP contribution in [0.3, 0.4) is 0 Å². The van der Waals surface area contributed by atoms with E-state index < -0.39 is 0 Å². The number of nitrogens with zero attached hydrogens (tertiary/aromatic N) is 5. The highest BCUT2D eigenvalue weighted by molar-refractivity contribution is 5.46. The minimum Gasteiger partial charge on any atom is -0.369 e. The molecule has 0 N–H and O–H groups in total. The summed E-state index contributed by atoms with van der Waals surface area (Å²) in [7, 11) is 0. The number of benzene rings is 1. The van der Waals surface area contributed by atoms with Gasteiger partial charge in [0.2, 0.25) is 6.39 Å². The van der Waals surface area contributed by atoms with Gasteiger partial charge in [0.1, 0.15) is 5.82 Å². The van der Waals surface area contributed by atoms with Crippen LogP contribution in [0.2, 0.25) is 0 Å². The molecule has 4 rings (SSSR count). The maximum absolute atomic E-state index is 13.0. The molecule has 0 unspecified atom stereocenters. The first-order valence-electron chi connectivity index (χ1n) is 8.00. The maximum atomic E-state index is 13.0. The highest BCUT2D eigenvalue weighted by Gasteiger charge is 2.33. The van der Waals surface area contributed by atoms with Crippen molar-refractivity contribution in [3.8, 4) is 0 Å². The Kier molecular flexibility index (Phi) is 3.97. The average Bonchev–Trinajstić information content (AvgIpc) is 3.05. The van der Waals surface area contributed by atoms with Gasteiger partial charge in [0.05, 0.1) is 6.54 Å². The molecule has 2 aromatic rings. The summed E-state index contributed by atoms with van der Waals surface area (Å²) in [6, 6.07) is 7.41. The molecule has 2 aliphatic heterocycles. The molecule has 1 aromatic heterocycles. The Labute approximate surface area is 134 Å². The Balaban J connectivity index is 1.24. The Morgan fingerprint density at radius 1 is 1.09 bits per heavy atom. The van der Waals surface area contributed by atoms with Crippen LogP contribution in [0.1, 0.15) is 5.82 Å². The Morgan fingerprint density at radius 2 is 1.83 bits per heavy atom. The molecule has 2 fully saturated rings. The van der Waals surface area contributed by atoms with E-state index in [-0.39, 0.29) is 5.82 Å². The fourth-order valence-electron chi connectivity index (χ4n) is 3.36. The largest absolute Gasteiger partial charge is 0.369 e. The molecule has 6 nitrogen and oxygen atoms in total. The van der Waals surface area contributed by atoms with E-state index in [1.165, 1.54) is 18.5 Å². The van der Waals surface area contributed by atoms with Gasteiger partial charge in [0.15, 0.2) is 5.82 Å². The second-order valence-corrected chi connectivity index (χ2v) is 6.19. The Morgan fingerprint density at radius 3 is 2.48 bits per heavy atom. The third-order valence-electron chi connectivity index (χ3n) is 4.73. The van der Waals surface area contributed by atoms with Crippen molar-refractivity contribution in [3.63, 3.8) is 0 Å². The molecular weight excluding hydrogens is 297 g/mol. The minimum absolute atomic E-state index is 0.177. The average molecular weight is 317 g/mol. The predicted octanol–water partition coefficient (Wildman–Crippen LogP) is 1.22. The van der Waals surface area contributed by atoms with Crippen LogP contribution in [0.25, 0.3) is 0 Å². The number of anilines is 1. The minimum atomic E-state index is -0.177. The van der Waals surface area contributed by atoms with Crippen molar-refractivity contribution < 1.29 is 8.91 Å². The molecule has 122 valence electrons. The third kappa shape index (κ3) is 3.20. The molecule has 0 atom stereocenters. The zero-order valence-corrected chi connectivity index (χ0v) is 12.9. The van der Waals surface area contributed by atoms with Crippen LogP contribution in [0, 0.1) is 5.82 Å². The number of hydrogen-bond donors (Lipinski definition) is 0. The number of rotatable bonds is 4. The smallest absolute Gasteiger partial charge is 0.213 e. The van der Waals surface area contributed by atoms with Gasteiger partial charge in [-0.2, -0.15) is 4.98 Å². The summed E-state index contributed by atoms with van der Waals surface area (Å²) in [5.74, 6) is 0.577. The van der Waals surface area contributed by atoms with Gasteiger partial charge in [-0.05, 0) is 24.3 Å². The molecule has 0 aliphatic carbocycles. The van der Waals surface area contributed by atoms with Crippen molar-refractivity contribution in [2.45, 2.75) is 12.6 Å². The van der Waals surface area contributed by atoms with Crippen molar-refractivity contribution in [2.24, 2.45) is 0 Å². The van der Waals surface area contributed by atoms with Crippen LogP contribution < -0.4 is 4.90 Å². The highest BCUT2D eigenvalue weighted by Crippen LogP contribution is 2.21. The second kappa shape index (κ2) is 6.25. The molecule has 0 radical (unpaired) electrons. The monoisotopic (exact) mass is 317 g/mol. The summed E-state index contributed by atoms with van der Waals surface area (Å²) >= 11 is 0. The predicted molar refractivity (Wildman–Crippen MR) is 83.5 cm³/mol. The van der Waals surface area contributed by atoms with Crippen molar-refractivity contribution in [3.05, 3.63) is 42.3 Å². The Bertz CT molecular complexity index is 618. The van der Waals surface area contributed by atoms with E-state index in [0.717, 1.165) is 57.3 Å². The Hall–Kier alpha value is -1.99.